The molecule has 0 bridgehead atoms. The summed E-state index contributed by atoms with van der Waals surface area (Å²) in [7, 11) is 0. The Morgan fingerprint density at radius 3 is 2.54 bits per heavy atom. The van der Waals surface area contributed by atoms with E-state index in [1.165, 1.54) is 41.9 Å². The van der Waals surface area contributed by atoms with Gasteiger partial charge in [0.15, 0.2) is 5.78 Å². The first-order valence-corrected chi connectivity index (χ1v) is 7.27. The van der Waals surface area contributed by atoms with E-state index in [-0.39, 0.29) is 11.3 Å². The van der Waals surface area contributed by atoms with Crippen molar-refractivity contribution in [1.82, 2.24) is 5.48 Å². The van der Waals surface area contributed by atoms with Crippen molar-refractivity contribution in [2.45, 2.75) is 0 Å². The average molecular weight is 346 g/mol. The molecule has 0 saturated heterocycles. The van der Waals surface area contributed by atoms with Gasteiger partial charge in [-0.1, -0.05) is 35.9 Å². The number of rotatable bonds is 5. The van der Waals surface area contributed by atoms with Crippen LogP contribution in [0, 0.1) is 5.82 Å². The summed E-state index contributed by atoms with van der Waals surface area (Å²) in [5.74, 6) is -1.55. The monoisotopic (exact) mass is 345 g/mol. The van der Waals surface area contributed by atoms with Crippen LogP contribution in [-0.2, 0) is 4.79 Å². The van der Waals surface area contributed by atoms with Crippen LogP contribution in [0.2, 0.25) is 5.02 Å². The van der Waals surface area contributed by atoms with Gasteiger partial charge in [0.2, 0.25) is 0 Å². The summed E-state index contributed by atoms with van der Waals surface area (Å²) in [6, 6.07) is 10.7. The molecule has 122 valence electrons. The molecule has 2 rings (SSSR count). The normalized spacial score (nSPS) is 11.1. The quantitative estimate of drug-likeness (QED) is 0.374. The Morgan fingerprint density at radius 1 is 1.08 bits per heavy atom. The van der Waals surface area contributed by atoms with Crippen LogP contribution in [0.25, 0.3) is 12.2 Å². The molecule has 2 aromatic carbocycles. The molecule has 6 heteroatoms. The fourth-order valence-electron chi connectivity index (χ4n) is 1.89. The molecule has 2 aromatic rings. The Balaban J connectivity index is 2.14. The summed E-state index contributed by atoms with van der Waals surface area (Å²) in [5, 5.41) is 8.82. The first kappa shape index (κ1) is 17.6. The summed E-state index contributed by atoms with van der Waals surface area (Å²) in [5.41, 5.74) is 2.52. The standard InChI is InChI=1S/C18H13ClFNO3/c19-15-3-1-2-14(11-15)17(22)8-7-13-6-4-12(10-16(13)20)5-9-18(23)21-24/h1-11,24H,(H,21,23). The molecule has 4 nitrogen and oxygen atoms in total. The van der Waals surface area contributed by atoms with Crippen LogP contribution in [0.15, 0.2) is 54.6 Å². The number of hydroxylamine groups is 1. The number of hydrogen-bond donors (Lipinski definition) is 2. The van der Waals surface area contributed by atoms with Gasteiger partial charge in [-0.15, -0.1) is 0 Å². The van der Waals surface area contributed by atoms with Gasteiger partial charge in [-0.3, -0.25) is 14.8 Å². The van der Waals surface area contributed by atoms with Gasteiger partial charge in [-0.05, 0) is 42.0 Å². The first-order chi connectivity index (χ1) is 11.5. The van der Waals surface area contributed by atoms with Crippen LogP contribution in [0.5, 0.6) is 0 Å². The van der Waals surface area contributed by atoms with Gasteiger partial charge < -0.3 is 0 Å². The molecule has 0 spiro atoms. The number of amides is 1. The molecule has 0 aliphatic rings. The van der Waals surface area contributed by atoms with Crippen LogP contribution < -0.4 is 5.48 Å². The van der Waals surface area contributed by atoms with Gasteiger partial charge >= 0.3 is 0 Å². The van der Waals surface area contributed by atoms with E-state index in [1.807, 2.05) is 0 Å². The number of carbonyl (C=O) groups excluding carboxylic acids is 2. The molecule has 0 atom stereocenters. The Labute approximate surface area is 142 Å². The van der Waals surface area contributed by atoms with Gasteiger partial charge in [0.05, 0.1) is 0 Å². The topological polar surface area (TPSA) is 66.4 Å². The van der Waals surface area contributed by atoms with E-state index in [0.717, 1.165) is 6.08 Å². The lowest BCUT2D eigenvalue weighted by molar-refractivity contribution is -0.124. The van der Waals surface area contributed by atoms with Gasteiger partial charge in [0.1, 0.15) is 5.82 Å². The highest BCUT2D eigenvalue weighted by molar-refractivity contribution is 6.31. The van der Waals surface area contributed by atoms with Crippen molar-refractivity contribution in [3.05, 3.63) is 82.1 Å². The Bertz CT molecular complexity index is 831. The Hall–Kier alpha value is -2.76. The molecule has 0 fully saturated rings. The maximum Gasteiger partial charge on any atom is 0.267 e. The second kappa shape index (κ2) is 8.19. The van der Waals surface area contributed by atoms with Crippen molar-refractivity contribution >= 4 is 35.4 Å². The Morgan fingerprint density at radius 2 is 1.88 bits per heavy atom. The van der Waals surface area contributed by atoms with Crippen molar-refractivity contribution in [3.8, 4) is 0 Å². The van der Waals surface area contributed by atoms with Crippen molar-refractivity contribution in [2.24, 2.45) is 0 Å². The number of benzene rings is 2. The maximum absolute atomic E-state index is 14.0. The maximum atomic E-state index is 14.0. The minimum absolute atomic E-state index is 0.231. The highest BCUT2D eigenvalue weighted by Gasteiger charge is 2.04. The molecule has 0 radical (unpaired) electrons. The molecule has 0 aliphatic carbocycles. The van der Waals surface area contributed by atoms with Crippen molar-refractivity contribution in [3.63, 3.8) is 0 Å². The van der Waals surface area contributed by atoms with E-state index in [1.54, 1.807) is 24.3 Å². The molecule has 0 heterocycles. The SMILES string of the molecule is O=C(C=Cc1ccc(C=CC(=O)c2cccc(Cl)c2)c(F)c1)NO. The van der Waals surface area contributed by atoms with Crippen LogP contribution in [-0.4, -0.2) is 16.9 Å². The second-order valence-corrected chi connectivity index (χ2v) is 5.23. The smallest absolute Gasteiger partial charge is 0.267 e. The lowest BCUT2D eigenvalue weighted by Gasteiger charge is -2.00. The zero-order valence-corrected chi connectivity index (χ0v) is 13.1. The molecular weight excluding hydrogens is 333 g/mol. The fourth-order valence-corrected chi connectivity index (χ4v) is 2.09. The first-order valence-electron chi connectivity index (χ1n) is 6.89. The lowest BCUT2D eigenvalue weighted by atomic mass is 10.1. The summed E-state index contributed by atoms with van der Waals surface area (Å²) in [4.78, 5) is 22.9. The van der Waals surface area contributed by atoms with Crippen molar-refractivity contribution in [2.75, 3.05) is 0 Å². The molecule has 1 amide bonds. The number of carbonyl (C=O) groups is 2. The second-order valence-electron chi connectivity index (χ2n) is 4.80. The predicted molar refractivity (Wildman–Crippen MR) is 90.2 cm³/mol. The third kappa shape index (κ3) is 4.87. The van der Waals surface area contributed by atoms with Crippen molar-refractivity contribution in [1.29, 1.82) is 0 Å². The van der Waals surface area contributed by atoms with Gasteiger partial charge in [0, 0.05) is 22.2 Å². The molecule has 0 unspecified atom stereocenters. The van der Waals surface area contributed by atoms with Gasteiger partial charge in [0.25, 0.3) is 5.91 Å². The minimum Gasteiger partial charge on any atom is -0.289 e. The van der Waals surface area contributed by atoms with E-state index in [2.05, 4.69) is 0 Å². The Kier molecular flexibility index (Phi) is 6.01. The zero-order valence-electron chi connectivity index (χ0n) is 12.4. The fraction of sp³-hybridized carbons (Fsp3) is 0. The molecule has 0 aliphatic heterocycles. The number of allylic oxidation sites excluding steroid dienone is 1. The van der Waals surface area contributed by atoms with E-state index in [0.29, 0.717) is 16.1 Å². The van der Waals surface area contributed by atoms with E-state index >= 15 is 0 Å². The van der Waals surface area contributed by atoms with Crippen LogP contribution in [0.4, 0.5) is 4.39 Å². The number of hydrogen-bond acceptors (Lipinski definition) is 3. The predicted octanol–water partition coefficient (Wildman–Crippen LogP) is 3.89. The van der Waals surface area contributed by atoms with Crippen LogP contribution >= 0.6 is 11.6 Å². The van der Waals surface area contributed by atoms with E-state index in [4.69, 9.17) is 16.8 Å². The molecule has 0 saturated carbocycles. The molecule has 0 aromatic heterocycles. The van der Waals surface area contributed by atoms with Crippen LogP contribution in [0.3, 0.4) is 0 Å². The largest absolute Gasteiger partial charge is 0.289 e. The third-order valence-electron chi connectivity index (χ3n) is 3.09. The number of ketones is 1. The summed E-state index contributed by atoms with van der Waals surface area (Å²) >= 11 is 5.82. The number of nitrogens with one attached hydrogen (secondary N) is 1. The van der Waals surface area contributed by atoms with E-state index < -0.39 is 11.7 Å². The highest BCUT2D eigenvalue weighted by atomic mass is 35.5. The van der Waals surface area contributed by atoms with Crippen molar-refractivity contribution < 1.29 is 19.2 Å². The minimum atomic E-state index is -0.716. The summed E-state index contributed by atoms with van der Waals surface area (Å²) in [6.45, 7) is 0. The van der Waals surface area contributed by atoms with Crippen LogP contribution in [0.1, 0.15) is 21.5 Å². The molecule has 24 heavy (non-hydrogen) atoms. The van der Waals surface area contributed by atoms with Gasteiger partial charge in [-0.25, -0.2) is 9.87 Å². The third-order valence-corrected chi connectivity index (χ3v) is 3.32. The zero-order chi connectivity index (χ0) is 17.5. The average Bonchev–Trinajstić information content (AvgIpc) is 2.58. The van der Waals surface area contributed by atoms with E-state index in [9.17, 15) is 14.0 Å². The molecule has 2 N–H and O–H groups in total. The number of halogens is 2. The summed E-state index contributed by atoms with van der Waals surface area (Å²) < 4.78 is 14.0. The highest BCUT2D eigenvalue weighted by Crippen LogP contribution is 2.15. The summed E-state index contributed by atoms with van der Waals surface area (Å²) in [6.07, 6.45) is 5.04. The van der Waals surface area contributed by atoms with Gasteiger partial charge in [-0.2, -0.15) is 0 Å². The lowest BCUT2D eigenvalue weighted by Crippen LogP contribution is -2.14. The molecular formula is C18H13ClFNO3.